The van der Waals surface area contributed by atoms with Gasteiger partial charge in [0.1, 0.15) is 0 Å². The highest BCUT2D eigenvalue weighted by molar-refractivity contribution is 7.99. The Hall–Kier alpha value is -1.86. The van der Waals surface area contributed by atoms with Gasteiger partial charge in [-0.1, -0.05) is 38.5 Å². The van der Waals surface area contributed by atoms with Gasteiger partial charge in [0.2, 0.25) is 19.9 Å². The molecule has 7 heteroatoms. The SMILES string of the molecule is C=C/C=C\C(=C)S(=O)(=O)C(=C)/C=C\C(=C)NS(C)(=O)=O. The first-order valence-electron chi connectivity index (χ1n) is 5.27. The van der Waals surface area contributed by atoms with Crippen molar-refractivity contribution >= 4 is 19.9 Å². The van der Waals surface area contributed by atoms with E-state index in [4.69, 9.17) is 0 Å². The van der Waals surface area contributed by atoms with Crippen molar-refractivity contribution in [3.63, 3.8) is 0 Å². The predicted molar refractivity (Wildman–Crippen MR) is 82.8 cm³/mol. The minimum Gasteiger partial charge on any atom is -0.284 e. The molecule has 0 aliphatic carbocycles. The highest BCUT2D eigenvalue weighted by Gasteiger charge is 2.15. The summed E-state index contributed by atoms with van der Waals surface area (Å²) in [5.41, 5.74) is 0.0242. The third kappa shape index (κ3) is 6.35. The number of hydrogen-bond acceptors (Lipinski definition) is 4. The number of sulfone groups is 1. The lowest BCUT2D eigenvalue weighted by Gasteiger charge is -2.04. The fraction of sp³-hybridized carbons (Fsp3) is 0.0769. The van der Waals surface area contributed by atoms with E-state index in [1.165, 1.54) is 24.3 Å². The van der Waals surface area contributed by atoms with Crippen LogP contribution in [0.15, 0.2) is 72.2 Å². The zero-order valence-corrected chi connectivity index (χ0v) is 12.8. The van der Waals surface area contributed by atoms with Crippen LogP contribution in [0.3, 0.4) is 0 Å². The van der Waals surface area contributed by atoms with Crippen molar-refractivity contribution in [2.45, 2.75) is 0 Å². The van der Waals surface area contributed by atoms with Gasteiger partial charge in [-0.2, -0.15) is 0 Å². The molecule has 0 atom stereocenters. The van der Waals surface area contributed by atoms with Crippen LogP contribution in [0, 0.1) is 0 Å². The molecule has 5 nitrogen and oxygen atoms in total. The van der Waals surface area contributed by atoms with E-state index in [1.807, 2.05) is 0 Å². The van der Waals surface area contributed by atoms with E-state index >= 15 is 0 Å². The quantitative estimate of drug-likeness (QED) is 0.693. The molecule has 0 spiro atoms. The Bertz CT molecular complexity index is 693. The van der Waals surface area contributed by atoms with Crippen LogP contribution in [0.2, 0.25) is 0 Å². The van der Waals surface area contributed by atoms with Crippen molar-refractivity contribution in [2.75, 3.05) is 6.26 Å². The summed E-state index contributed by atoms with van der Waals surface area (Å²) in [6.07, 6.45) is 7.43. The molecule has 20 heavy (non-hydrogen) atoms. The summed E-state index contributed by atoms with van der Waals surface area (Å²) in [6.45, 7) is 13.7. The Kier molecular flexibility index (Phi) is 6.41. The van der Waals surface area contributed by atoms with Gasteiger partial charge in [0.15, 0.2) is 0 Å². The first kappa shape index (κ1) is 18.1. The molecule has 0 heterocycles. The first-order valence-corrected chi connectivity index (χ1v) is 8.65. The lowest BCUT2D eigenvalue weighted by atomic mass is 10.4. The molecule has 0 aromatic carbocycles. The van der Waals surface area contributed by atoms with E-state index < -0.39 is 19.9 Å². The fourth-order valence-electron chi connectivity index (χ4n) is 0.989. The van der Waals surface area contributed by atoms with Gasteiger partial charge in [-0.3, -0.25) is 4.72 Å². The second-order valence-electron chi connectivity index (χ2n) is 3.76. The average molecular weight is 315 g/mol. The summed E-state index contributed by atoms with van der Waals surface area (Å²) in [6, 6.07) is 0. The molecule has 0 radical (unpaired) electrons. The Morgan fingerprint density at radius 2 is 1.45 bits per heavy atom. The van der Waals surface area contributed by atoms with Crippen LogP contribution in [0.1, 0.15) is 0 Å². The van der Waals surface area contributed by atoms with E-state index in [9.17, 15) is 16.8 Å². The van der Waals surface area contributed by atoms with Gasteiger partial charge in [0.05, 0.1) is 16.1 Å². The highest BCUT2D eigenvalue weighted by Crippen LogP contribution is 2.17. The van der Waals surface area contributed by atoms with Crippen LogP contribution in [-0.2, 0) is 19.9 Å². The lowest BCUT2D eigenvalue weighted by Crippen LogP contribution is -2.19. The summed E-state index contributed by atoms with van der Waals surface area (Å²) in [5, 5.41) is 0. The lowest BCUT2D eigenvalue weighted by molar-refractivity contribution is 0.595. The molecule has 1 N–H and O–H groups in total. The van der Waals surface area contributed by atoms with E-state index in [1.54, 1.807) is 0 Å². The van der Waals surface area contributed by atoms with Gasteiger partial charge in [0, 0.05) is 5.70 Å². The molecule has 0 aromatic heterocycles. The number of nitrogens with one attached hydrogen (secondary N) is 1. The molecule has 0 rings (SSSR count). The van der Waals surface area contributed by atoms with Crippen LogP contribution in [0.25, 0.3) is 0 Å². The summed E-state index contributed by atoms with van der Waals surface area (Å²) in [5.74, 6) is 0. The summed E-state index contributed by atoms with van der Waals surface area (Å²) >= 11 is 0. The smallest absolute Gasteiger partial charge is 0.229 e. The largest absolute Gasteiger partial charge is 0.284 e. The van der Waals surface area contributed by atoms with Crippen molar-refractivity contribution in [1.29, 1.82) is 0 Å². The van der Waals surface area contributed by atoms with E-state index in [2.05, 4.69) is 31.0 Å². The number of rotatable bonds is 8. The van der Waals surface area contributed by atoms with Crippen molar-refractivity contribution < 1.29 is 16.8 Å². The van der Waals surface area contributed by atoms with E-state index in [0.717, 1.165) is 12.3 Å². The second kappa shape index (κ2) is 7.06. The Balaban J connectivity index is 5.02. The molecule has 0 aliphatic heterocycles. The Morgan fingerprint density at radius 3 is 1.90 bits per heavy atom. The molecule has 0 fully saturated rings. The molecule has 0 bridgehead atoms. The molecule has 0 aromatic rings. The maximum atomic E-state index is 11.9. The number of allylic oxidation sites excluding steroid dienone is 5. The van der Waals surface area contributed by atoms with Crippen LogP contribution in [-0.4, -0.2) is 23.1 Å². The topological polar surface area (TPSA) is 80.3 Å². The standard InChI is InChI=1S/C13H17NO4S2/c1-6-7-8-12(3)20(17,18)13(4)10-9-11(2)14-19(5,15)16/h6-10,14H,1-4H2,5H3/b8-7-,10-9-. The van der Waals surface area contributed by atoms with Crippen molar-refractivity contribution in [2.24, 2.45) is 0 Å². The average Bonchev–Trinajstić information content (AvgIpc) is 2.30. The minimum atomic E-state index is -3.78. The van der Waals surface area contributed by atoms with E-state index in [-0.39, 0.29) is 15.5 Å². The molecular formula is C13H17NO4S2. The van der Waals surface area contributed by atoms with Gasteiger partial charge in [0.25, 0.3) is 0 Å². The maximum absolute atomic E-state index is 11.9. The number of hydrogen-bond donors (Lipinski definition) is 1. The zero-order chi connectivity index (χ0) is 16.0. The maximum Gasteiger partial charge on any atom is 0.229 e. The number of sulfonamides is 1. The second-order valence-corrected chi connectivity index (χ2v) is 7.57. The monoisotopic (exact) mass is 315 g/mol. The molecule has 0 saturated heterocycles. The van der Waals surface area contributed by atoms with Crippen LogP contribution in [0.4, 0.5) is 0 Å². The highest BCUT2D eigenvalue weighted by atomic mass is 32.2. The third-order valence-corrected chi connectivity index (χ3v) is 4.18. The molecule has 0 saturated carbocycles. The van der Waals surface area contributed by atoms with Gasteiger partial charge in [-0.05, 0) is 18.2 Å². The van der Waals surface area contributed by atoms with Crippen molar-refractivity contribution in [3.8, 4) is 0 Å². The van der Waals surface area contributed by atoms with Crippen LogP contribution >= 0.6 is 0 Å². The normalized spacial score (nSPS) is 12.4. The Labute approximate surface area is 120 Å². The molecule has 0 amide bonds. The fourth-order valence-corrected chi connectivity index (χ4v) is 2.37. The summed E-state index contributed by atoms with van der Waals surface area (Å²) in [7, 11) is -7.23. The minimum absolute atomic E-state index is 0.0242. The molecular weight excluding hydrogens is 298 g/mol. The summed E-state index contributed by atoms with van der Waals surface area (Å²) in [4.78, 5) is -0.374. The molecule has 0 unspecified atom stereocenters. The van der Waals surface area contributed by atoms with Gasteiger partial charge >= 0.3 is 0 Å². The third-order valence-electron chi connectivity index (χ3n) is 1.90. The van der Waals surface area contributed by atoms with Crippen LogP contribution < -0.4 is 4.72 Å². The van der Waals surface area contributed by atoms with Gasteiger partial charge in [-0.15, -0.1) is 0 Å². The van der Waals surface area contributed by atoms with E-state index in [0.29, 0.717) is 0 Å². The van der Waals surface area contributed by atoms with Gasteiger partial charge in [-0.25, -0.2) is 16.8 Å². The summed E-state index contributed by atoms with van der Waals surface area (Å²) < 4.78 is 47.8. The first-order chi connectivity index (χ1) is 9.00. The Morgan fingerprint density at radius 1 is 0.950 bits per heavy atom. The predicted octanol–water partition coefficient (Wildman–Crippen LogP) is 1.79. The van der Waals surface area contributed by atoms with Crippen molar-refractivity contribution in [1.82, 2.24) is 4.72 Å². The van der Waals surface area contributed by atoms with Crippen LogP contribution in [0.5, 0.6) is 0 Å². The van der Waals surface area contributed by atoms with Gasteiger partial charge < -0.3 is 0 Å². The van der Waals surface area contributed by atoms with Crippen molar-refractivity contribution in [3.05, 3.63) is 72.2 Å². The zero-order valence-electron chi connectivity index (χ0n) is 11.2. The molecule has 110 valence electrons. The molecule has 0 aliphatic rings.